The van der Waals surface area contributed by atoms with E-state index in [1.807, 2.05) is 17.7 Å². The number of aromatic nitrogens is 3. The van der Waals surface area contributed by atoms with Gasteiger partial charge in [0.1, 0.15) is 12.2 Å². The van der Waals surface area contributed by atoms with Gasteiger partial charge in [-0.2, -0.15) is 0 Å². The molecule has 3 heterocycles. The van der Waals surface area contributed by atoms with E-state index in [9.17, 15) is 0 Å². The van der Waals surface area contributed by atoms with E-state index in [0.29, 0.717) is 5.92 Å². The molecule has 9 heteroatoms. The van der Waals surface area contributed by atoms with Gasteiger partial charge in [0.2, 0.25) is 0 Å². The molecule has 0 unspecified atom stereocenters. The van der Waals surface area contributed by atoms with Gasteiger partial charge in [0, 0.05) is 63.7 Å². The zero-order chi connectivity index (χ0) is 19.8. The van der Waals surface area contributed by atoms with Crippen molar-refractivity contribution in [1.29, 1.82) is 0 Å². The van der Waals surface area contributed by atoms with E-state index in [1.165, 1.54) is 4.88 Å². The van der Waals surface area contributed by atoms with Gasteiger partial charge >= 0.3 is 0 Å². The van der Waals surface area contributed by atoms with Crippen LogP contribution >= 0.6 is 35.3 Å². The zero-order valence-corrected chi connectivity index (χ0v) is 20.9. The van der Waals surface area contributed by atoms with E-state index < -0.39 is 0 Å². The largest absolute Gasteiger partial charge is 0.354 e. The quantitative estimate of drug-likeness (QED) is 0.323. The summed E-state index contributed by atoms with van der Waals surface area (Å²) in [4.78, 5) is 11.3. The Morgan fingerprint density at radius 2 is 2.07 bits per heavy atom. The molecular formula is C20H34IN7S. The van der Waals surface area contributed by atoms with Crippen LogP contribution in [0.5, 0.6) is 0 Å². The monoisotopic (exact) mass is 531 g/mol. The topological polar surface area (TPSA) is 61.6 Å². The molecule has 1 N–H and O–H groups in total. The van der Waals surface area contributed by atoms with Crippen LogP contribution < -0.4 is 5.32 Å². The lowest BCUT2D eigenvalue weighted by molar-refractivity contribution is 0.173. The van der Waals surface area contributed by atoms with Crippen LogP contribution in [0.15, 0.2) is 28.8 Å². The second kappa shape index (κ2) is 12.5. The lowest BCUT2D eigenvalue weighted by Crippen LogP contribution is -2.52. The summed E-state index contributed by atoms with van der Waals surface area (Å²) in [5.41, 5.74) is 0. The van der Waals surface area contributed by atoms with Crippen molar-refractivity contribution in [2.45, 2.75) is 40.3 Å². The highest BCUT2D eigenvalue weighted by Crippen LogP contribution is 2.13. The van der Waals surface area contributed by atoms with Crippen LogP contribution in [0.3, 0.4) is 0 Å². The summed E-state index contributed by atoms with van der Waals surface area (Å²) in [6.07, 6.45) is 2.72. The molecule has 162 valence electrons. The van der Waals surface area contributed by atoms with Crippen molar-refractivity contribution in [2.24, 2.45) is 10.9 Å². The maximum Gasteiger partial charge on any atom is 0.194 e. The molecule has 0 radical (unpaired) electrons. The Morgan fingerprint density at radius 3 is 2.72 bits per heavy atom. The number of aryl methyl sites for hydroxylation is 1. The van der Waals surface area contributed by atoms with E-state index in [4.69, 9.17) is 4.99 Å². The fourth-order valence-corrected chi connectivity index (χ4v) is 4.05. The number of guanidine groups is 1. The Hall–Kier alpha value is -1.20. The van der Waals surface area contributed by atoms with Crippen molar-refractivity contribution in [3.8, 4) is 0 Å². The lowest BCUT2D eigenvalue weighted by Gasteiger charge is -2.36. The fraction of sp³-hybridized carbons (Fsp3) is 0.650. The second-order valence-corrected chi connectivity index (χ2v) is 8.65. The van der Waals surface area contributed by atoms with Crippen LogP contribution in [-0.4, -0.2) is 69.8 Å². The Balaban J connectivity index is 0.00000300. The minimum atomic E-state index is 0. The molecule has 0 aliphatic carbocycles. The molecule has 0 amide bonds. The number of thiophene rings is 1. The van der Waals surface area contributed by atoms with Crippen LogP contribution in [0.1, 0.15) is 31.5 Å². The molecule has 1 saturated heterocycles. The van der Waals surface area contributed by atoms with Crippen molar-refractivity contribution >= 4 is 41.3 Å². The van der Waals surface area contributed by atoms with Gasteiger partial charge in [0.15, 0.2) is 5.96 Å². The van der Waals surface area contributed by atoms with Crippen molar-refractivity contribution < 1.29 is 0 Å². The SMILES string of the molecule is CCc1nncn1CCNC(=NCC(C)C)N1CCN(Cc2cccs2)CC1.I. The number of hydrogen-bond acceptors (Lipinski definition) is 5. The van der Waals surface area contributed by atoms with Gasteiger partial charge in [0.05, 0.1) is 0 Å². The van der Waals surface area contributed by atoms with Crippen molar-refractivity contribution in [2.75, 3.05) is 39.3 Å². The van der Waals surface area contributed by atoms with Gasteiger partial charge < -0.3 is 14.8 Å². The molecule has 2 aromatic heterocycles. The van der Waals surface area contributed by atoms with E-state index in [0.717, 1.165) is 70.6 Å². The van der Waals surface area contributed by atoms with Crippen LogP contribution in [0, 0.1) is 5.92 Å². The second-order valence-electron chi connectivity index (χ2n) is 7.62. The first kappa shape index (κ1) is 24.1. The number of piperazine rings is 1. The molecule has 2 aromatic rings. The predicted molar refractivity (Wildman–Crippen MR) is 131 cm³/mol. The molecule has 29 heavy (non-hydrogen) atoms. The van der Waals surface area contributed by atoms with Crippen molar-refractivity contribution in [1.82, 2.24) is 29.9 Å². The lowest BCUT2D eigenvalue weighted by atomic mass is 10.2. The number of nitrogens with zero attached hydrogens (tertiary/aromatic N) is 6. The third-order valence-electron chi connectivity index (χ3n) is 4.89. The first-order valence-corrected chi connectivity index (χ1v) is 11.2. The first-order chi connectivity index (χ1) is 13.7. The average Bonchev–Trinajstić information content (AvgIpc) is 3.36. The summed E-state index contributed by atoms with van der Waals surface area (Å²) in [6, 6.07) is 4.36. The molecular weight excluding hydrogens is 497 g/mol. The average molecular weight is 532 g/mol. The fourth-order valence-electron chi connectivity index (χ4n) is 3.31. The highest BCUT2D eigenvalue weighted by Gasteiger charge is 2.20. The van der Waals surface area contributed by atoms with Crippen LogP contribution in [0.25, 0.3) is 0 Å². The minimum absolute atomic E-state index is 0. The third kappa shape index (κ3) is 7.53. The predicted octanol–water partition coefficient (Wildman–Crippen LogP) is 2.94. The maximum atomic E-state index is 4.88. The number of nitrogens with one attached hydrogen (secondary N) is 1. The maximum absolute atomic E-state index is 4.88. The van der Waals surface area contributed by atoms with E-state index >= 15 is 0 Å². The highest BCUT2D eigenvalue weighted by molar-refractivity contribution is 14.0. The highest BCUT2D eigenvalue weighted by atomic mass is 127. The van der Waals surface area contributed by atoms with Gasteiger partial charge in [0.25, 0.3) is 0 Å². The minimum Gasteiger partial charge on any atom is -0.354 e. The molecule has 0 atom stereocenters. The molecule has 1 fully saturated rings. The Kier molecular flexibility index (Phi) is 10.4. The summed E-state index contributed by atoms with van der Waals surface area (Å²) in [7, 11) is 0. The van der Waals surface area contributed by atoms with E-state index in [2.05, 4.69) is 68.2 Å². The molecule has 0 spiro atoms. The van der Waals surface area contributed by atoms with Gasteiger partial charge in [-0.3, -0.25) is 9.89 Å². The first-order valence-electron chi connectivity index (χ1n) is 10.3. The summed E-state index contributed by atoms with van der Waals surface area (Å²) in [6.45, 7) is 14.3. The Labute approximate surface area is 195 Å². The summed E-state index contributed by atoms with van der Waals surface area (Å²) < 4.78 is 2.12. The molecule has 0 aromatic carbocycles. The van der Waals surface area contributed by atoms with Gasteiger partial charge in [-0.1, -0.05) is 26.8 Å². The van der Waals surface area contributed by atoms with E-state index in [-0.39, 0.29) is 24.0 Å². The van der Waals surface area contributed by atoms with E-state index in [1.54, 1.807) is 0 Å². The van der Waals surface area contributed by atoms with Crippen molar-refractivity contribution in [3.63, 3.8) is 0 Å². The van der Waals surface area contributed by atoms with Gasteiger partial charge in [-0.05, 0) is 17.4 Å². The van der Waals surface area contributed by atoms with Gasteiger partial charge in [-0.15, -0.1) is 45.5 Å². The molecule has 1 aliphatic rings. The number of aliphatic imine (C=N–C) groups is 1. The normalized spacial score (nSPS) is 15.6. The molecule has 7 nitrogen and oxygen atoms in total. The molecule has 0 bridgehead atoms. The molecule has 3 rings (SSSR count). The molecule has 1 aliphatic heterocycles. The third-order valence-corrected chi connectivity index (χ3v) is 5.75. The Bertz CT molecular complexity index is 721. The Morgan fingerprint density at radius 1 is 1.28 bits per heavy atom. The summed E-state index contributed by atoms with van der Waals surface area (Å²) in [5, 5.41) is 13.9. The van der Waals surface area contributed by atoms with Crippen LogP contribution in [0.2, 0.25) is 0 Å². The summed E-state index contributed by atoms with van der Waals surface area (Å²) >= 11 is 1.84. The number of hydrogen-bond donors (Lipinski definition) is 1. The van der Waals surface area contributed by atoms with Gasteiger partial charge in [-0.25, -0.2) is 0 Å². The number of halogens is 1. The standard InChI is InChI=1S/C20H33N7S.HI/c1-4-19-24-23-16-27(19)8-7-21-20(22-14-17(2)3)26-11-9-25(10-12-26)15-18-6-5-13-28-18;/h5-6,13,16-17H,4,7-12,14-15H2,1-3H3,(H,21,22);1H. The smallest absolute Gasteiger partial charge is 0.194 e. The summed E-state index contributed by atoms with van der Waals surface area (Å²) in [5.74, 6) is 2.63. The zero-order valence-electron chi connectivity index (χ0n) is 17.8. The molecule has 0 saturated carbocycles. The van der Waals surface area contributed by atoms with Crippen LogP contribution in [0.4, 0.5) is 0 Å². The van der Waals surface area contributed by atoms with Crippen molar-refractivity contribution in [3.05, 3.63) is 34.5 Å². The van der Waals surface area contributed by atoms with Crippen LogP contribution in [-0.2, 0) is 19.5 Å². The number of rotatable bonds is 8.